The first-order valence-corrected chi connectivity index (χ1v) is 15.9. The van der Waals surface area contributed by atoms with Gasteiger partial charge in [0.15, 0.2) is 0 Å². The molecule has 184 valence electrons. The molecule has 0 aliphatic carbocycles. The minimum Gasteiger partial charge on any atom is -0.456 e. The van der Waals surface area contributed by atoms with Crippen molar-refractivity contribution in [3.05, 3.63) is 59.7 Å². The molecule has 0 saturated carbocycles. The molecule has 8 heteroatoms. The Bertz CT molecular complexity index is 1020. The molecule has 0 N–H and O–H groups in total. The normalized spacial score (nSPS) is 18.0. The molecular formula is C26H36ClN3O3Si. The van der Waals surface area contributed by atoms with Crippen molar-refractivity contribution in [3.8, 4) is 11.5 Å². The Morgan fingerprint density at radius 3 is 2.26 bits per heavy atom. The molecule has 0 bridgehead atoms. The summed E-state index contributed by atoms with van der Waals surface area (Å²) in [5.41, 5.74) is 4.03. The lowest BCUT2D eigenvalue weighted by molar-refractivity contribution is -0.0555. The minimum absolute atomic E-state index is 0.0996. The zero-order valence-corrected chi connectivity index (χ0v) is 22.6. The lowest BCUT2D eigenvalue weighted by atomic mass is 9.95. The highest BCUT2D eigenvalue weighted by Crippen LogP contribution is 2.50. The number of nitrogens with zero attached hydrogens (tertiary/aromatic N) is 3. The molecule has 0 amide bonds. The summed E-state index contributed by atoms with van der Waals surface area (Å²) < 4.78 is 20.4. The summed E-state index contributed by atoms with van der Waals surface area (Å²) in [4.78, 5) is 2.12. The van der Waals surface area contributed by atoms with Gasteiger partial charge in [0, 0.05) is 49.7 Å². The second-order valence-electron chi connectivity index (χ2n) is 10.3. The number of ether oxygens (including phenoxy) is 3. The third-order valence-corrected chi connectivity index (χ3v) is 8.14. The van der Waals surface area contributed by atoms with Crippen molar-refractivity contribution < 1.29 is 14.2 Å². The molecule has 2 aromatic rings. The Morgan fingerprint density at radius 2 is 1.59 bits per heavy atom. The van der Waals surface area contributed by atoms with Gasteiger partial charge in [0.05, 0.1) is 25.0 Å². The van der Waals surface area contributed by atoms with Crippen molar-refractivity contribution in [2.75, 3.05) is 47.2 Å². The molecule has 0 spiro atoms. The summed E-state index contributed by atoms with van der Waals surface area (Å²) >= 11 is 7.06. The molecule has 0 radical (unpaired) electrons. The maximum Gasteiger partial charge on any atom is 0.136 e. The van der Waals surface area contributed by atoms with Gasteiger partial charge in [-0.05, 0) is 38.3 Å². The van der Waals surface area contributed by atoms with Crippen molar-refractivity contribution in [1.29, 1.82) is 0 Å². The van der Waals surface area contributed by atoms with Crippen molar-refractivity contribution in [1.82, 2.24) is 14.4 Å². The Morgan fingerprint density at radius 1 is 0.941 bits per heavy atom. The van der Waals surface area contributed by atoms with Crippen molar-refractivity contribution in [2.45, 2.75) is 31.7 Å². The molecule has 2 aliphatic heterocycles. The zero-order valence-electron chi connectivity index (χ0n) is 20.9. The summed E-state index contributed by atoms with van der Waals surface area (Å²) in [5, 5.41) is 2.07. The SMILES string of the molecule is CN(C)CCOCC1C2=C(c3ccccc3Oc3ccccc32)N(Cl)N1COCC[Si](C)(C)C. The quantitative estimate of drug-likeness (QED) is 0.239. The van der Waals surface area contributed by atoms with E-state index in [1.54, 1.807) is 4.53 Å². The highest BCUT2D eigenvalue weighted by molar-refractivity contribution is 6.76. The fourth-order valence-corrected chi connectivity index (χ4v) is 5.23. The van der Waals surface area contributed by atoms with Gasteiger partial charge in [-0.2, -0.15) is 5.01 Å². The Labute approximate surface area is 209 Å². The van der Waals surface area contributed by atoms with E-state index in [-0.39, 0.29) is 6.04 Å². The average molecular weight is 502 g/mol. The van der Waals surface area contributed by atoms with Gasteiger partial charge in [0.1, 0.15) is 18.2 Å². The molecule has 2 aromatic carbocycles. The molecular weight excluding hydrogens is 466 g/mol. The number of hydrazine groups is 1. The zero-order chi connectivity index (χ0) is 24.3. The first-order chi connectivity index (χ1) is 16.3. The number of halogens is 1. The number of fused-ring (bicyclic) bond motifs is 4. The first-order valence-electron chi connectivity index (χ1n) is 11.9. The van der Waals surface area contributed by atoms with Crippen LogP contribution in [-0.2, 0) is 9.47 Å². The largest absolute Gasteiger partial charge is 0.456 e. The maximum atomic E-state index is 7.06. The van der Waals surface area contributed by atoms with Crippen LogP contribution in [0.1, 0.15) is 11.1 Å². The van der Waals surface area contributed by atoms with Crippen LogP contribution in [0.4, 0.5) is 0 Å². The third kappa shape index (κ3) is 5.67. The summed E-state index contributed by atoms with van der Waals surface area (Å²) in [5.74, 6) is 1.61. The van der Waals surface area contributed by atoms with Crippen LogP contribution in [0.15, 0.2) is 48.5 Å². The Hall–Kier alpha value is -1.87. The number of benzene rings is 2. The molecule has 2 heterocycles. The van der Waals surface area contributed by atoms with Gasteiger partial charge >= 0.3 is 0 Å². The average Bonchev–Trinajstić information content (AvgIpc) is 2.95. The second-order valence-corrected chi connectivity index (χ2v) is 16.2. The number of likely N-dealkylation sites (N-methyl/N-ethyl adjacent to an activating group) is 1. The second kappa shape index (κ2) is 10.8. The van der Waals surface area contributed by atoms with E-state index in [1.807, 2.05) is 36.4 Å². The fraction of sp³-hybridized carbons (Fsp3) is 0.462. The van der Waals surface area contributed by atoms with E-state index < -0.39 is 8.07 Å². The summed E-state index contributed by atoms with van der Waals surface area (Å²) in [6, 6.07) is 17.2. The Kier molecular flexibility index (Phi) is 8.02. The number of para-hydroxylation sites is 2. The molecule has 0 aromatic heterocycles. The lowest BCUT2D eigenvalue weighted by Crippen LogP contribution is -2.42. The molecule has 0 fully saturated rings. The molecule has 34 heavy (non-hydrogen) atoms. The summed E-state index contributed by atoms with van der Waals surface area (Å²) in [6.45, 7) is 10.2. The smallest absolute Gasteiger partial charge is 0.136 e. The maximum absolute atomic E-state index is 7.06. The predicted molar refractivity (Wildman–Crippen MR) is 141 cm³/mol. The van der Waals surface area contributed by atoms with Gasteiger partial charge in [0.25, 0.3) is 0 Å². The van der Waals surface area contributed by atoms with Gasteiger partial charge in [0.2, 0.25) is 0 Å². The van der Waals surface area contributed by atoms with Gasteiger partial charge in [-0.25, -0.2) is 4.53 Å². The molecule has 0 saturated heterocycles. The van der Waals surface area contributed by atoms with Gasteiger partial charge in [-0.3, -0.25) is 0 Å². The molecule has 6 nitrogen and oxygen atoms in total. The highest BCUT2D eigenvalue weighted by Gasteiger charge is 2.43. The van der Waals surface area contributed by atoms with Crippen LogP contribution in [-0.4, -0.2) is 75.7 Å². The van der Waals surface area contributed by atoms with Crippen molar-refractivity contribution in [2.24, 2.45) is 0 Å². The van der Waals surface area contributed by atoms with Crippen LogP contribution >= 0.6 is 11.8 Å². The molecule has 2 aliphatic rings. The highest BCUT2D eigenvalue weighted by atomic mass is 35.5. The Balaban J connectivity index is 1.68. The van der Waals surface area contributed by atoms with Crippen LogP contribution in [0.5, 0.6) is 11.5 Å². The van der Waals surface area contributed by atoms with E-state index >= 15 is 0 Å². The van der Waals surface area contributed by atoms with E-state index in [2.05, 4.69) is 55.8 Å². The van der Waals surface area contributed by atoms with Crippen molar-refractivity contribution >= 4 is 31.1 Å². The van der Waals surface area contributed by atoms with Crippen LogP contribution in [0.3, 0.4) is 0 Å². The summed E-state index contributed by atoms with van der Waals surface area (Å²) in [7, 11) is 2.92. The standard InChI is InChI=1S/C26H36ClN3O3Si/c1-28(2)14-15-31-18-22-25-20-10-6-8-12-23(20)33-24-13-9-7-11-21(24)26(25)30(27)29(22)19-32-16-17-34(3,4)5/h6-13,22H,14-19H2,1-5H3. The van der Waals surface area contributed by atoms with Crippen molar-refractivity contribution in [3.63, 3.8) is 0 Å². The van der Waals surface area contributed by atoms with E-state index in [9.17, 15) is 0 Å². The van der Waals surface area contributed by atoms with E-state index in [4.69, 9.17) is 26.0 Å². The van der Waals surface area contributed by atoms with Gasteiger partial charge in [-0.1, -0.05) is 50.0 Å². The van der Waals surface area contributed by atoms with Crippen LogP contribution < -0.4 is 4.74 Å². The monoisotopic (exact) mass is 501 g/mol. The molecule has 4 rings (SSSR count). The van der Waals surface area contributed by atoms with E-state index in [1.165, 1.54) is 0 Å². The van der Waals surface area contributed by atoms with E-state index in [0.717, 1.165) is 53.1 Å². The molecule has 1 unspecified atom stereocenters. The lowest BCUT2D eigenvalue weighted by Gasteiger charge is -2.31. The van der Waals surface area contributed by atoms with E-state index in [0.29, 0.717) is 19.9 Å². The van der Waals surface area contributed by atoms with Crippen LogP contribution in [0.2, 0.25) is 25.7 Å². The topological polar surface area (TPSA) is 37.4 Å². The fourth-order valence-electron chi connectivity index (χ4n) is 4.15. The van der Waals surface area contributed by atoms with Gasteiger partial charge in [-0.15, -0.1) is 0 Å². The number of hydrogen-bond acceptors (Lipinski definition) is 6. The minimum atomic E-state index is -1.18. The predicted octanol–water partition coefficient (Wildman–Crippen LogP) is 5.61. The summed E-state index contributed by atoms with van der Waals surface area (Å²) in [6.07, 6.45) is 0. The third-order valence-electron chi connectivity index (χ3n) is 6.08. The van der Waals surface area contributed by atoms with Gasteiger partial charge < -0.3 is 19.1 Å². The van der Waals surface area contributed by atoms with Crippen LogP contribution in [0, 0.1) is 0 Å². The number of hydrogen-bond donors (Lipinski definition) is 0. The number of rotatable bonds is 10. The molecule has 1 atom stereocenters. The van der Waals surface area contributed by atoms with Crippen LogP contribution in [0.25, 0.3) is 11.3 Å². The first kappa shape index (κ1) is 25.2.